The van der Waals surface area contributed by atoms with Gasteiger partial charge in [-0.25, -0.2) is 4.98 Å². The zero-order chi connectivity index (χ0) is 14.5. The maximum Gasteiger partial charge on any atom is 0.131 e. The van der Waals surface area contributed by atoms with E-state index in [1.807, 2.05) is 19.2 Å². The van der Waals surface area contributed by atoms with Gasteiger partial charge in [-0.15, -0.1) is 0 Å². The molecular formula is C16H23N3O. The molecule has 2 aromatic heterocycles. The summed E-state index contributed by atoms with van der Waals surface area (Å²) in [6, 6.07) is 4.21. The lowest BCUT2D eigenvalue weighted by Gasteiger charge is -2.20. The van der Waals surface area contributed by atoms with Crippen LogP contribution in [0, 0.1) is 13.8 Å². The van der Waals surface area contributed by atoms with Gasteiger partial charge in [0.05, 0.1) is 6.26 Å². The predicted octanol–water partition coefficient (Wildman–Crippen LogP) is 3.04. The minimum atomic E-state index is 0.808. The highest BCUT2D eigenvalue weighted by atomic mass is 16.3. The fourth-order valence-corrected chi connectivity index (χ4v) is 2.30. The van der Waals surface area contributed by atoms with Crippen LogP contribution >= 0.6 is 0 Å². The van der Waals surface area contributed by atoms with Crippen LogP contribution in [0.3, 0.4) is 0 Å². The summed E-state index contributed by atoms with van der Waals surface area (Å²) in [6.07, 6.45) is 3.68. The molecule has 20 heavy (non-hydrogen) atoms. The third-order valence-corrected chi connectivity index (χ3v) is 3.42. The van der Waals surface area contributed by atoms with Gasteiger partial charge in [0, 0.05) is 31.9 Å². The molecule has 0 radical (unpaired) electrons. The Balaban J connectivity index is 2.10. The lowest BCUT2D eigenvalue weighted by Crippen LogP contribution is -2.19. The second kappa shape index (κ2) is 6.57. The summed E-state index contributed by atoms with van der Waals surface area (Å²) in [4.78, 5) is 6.75. The van der Waals surface area contributed by atoms with Crippen molar-refractivity contribution in [1.29, 1.82) is 0 Å². The number of nitrogens with one attached hydrogen (secondary N) is 1. The van der Waals surface area contributed by atoms with Gasteiger partial charge in [-0.2, -0.15) is 0 Å². The average molecular weight is 273 g/mol. The Bertz CT molecular complexity index is 563. The van der Waals surface area contributed by atoms with Crippen LogP contribution < -0.4 is 10.2 Å². The molecule has 0 amide bonds. The van der Waals surface area contributed by atoms with Crippen molar-refractivity contribution in [3.05, 3.63) is 47.0 Å². The van der Waals surface area contributed by atoms with Gasteiger partial charge in [-0.1, -0.05) is 6.92 Å². The van der Waals surface area contributed by atoms with Crippen molar-refractivity contribution < 1.29 is 4.42 Å². The zero-order valence-corrected chi connectivity index (χ0v) is 12.7. The van der Waals surface area contributed by atoms with E-state index in [0.29, 0.717) is 0 Å². The Morgan fingerprint density at radius 1 is 1.35 bits per heavy atom. The van der Waals surface area contributed by atoms with E-state index in [9.17, 15) is 0 Å². The van der Waals surface area contributed by atoms with Gasteiger partial charge in [0.15, 0.2) is 0 Å². The number of nitrogens with zero attached hydrogens (tertiary/aromatic N) is 2. The smallest absolute Gasteiger partial charge is 0.131 e. The Labute approximate surface area is 120 Å². The van der Waals surface area contributed by atoms with Gasteiger partial charge in [0.25, 0.3) is 0 Å². The van der Waals surface area contributed by atoms with E-state index in [1.165, 1.54) is 16.7 Å². The molecule has 0 aromatic carbocycles. The van der Waals surface area contributed by atoms with Crippen LogP contribution in [0.1, 0.15) is 29.4 Å². The lowest BCUT2D eigenvalue weighted by atomic mass is 10.2. The molecule has 4 heteroatoms. The quantitative estimate of drug-likeness (QED) is 0.878. The summed E-state index contributed by atoms with van der Waals surface area (Å²) < 4.78 is 5.34. The van der Waals surface area contributed by atoms with Gasteiger partial charge in [-0.3, -0.25) is 0 Å². The molecule has 0 aliphatic heterocycles. The summed E-state index contributed by atoms with van der Waals surface area (Å²) in [5.41, 5.74) is 3.62. The number of hydrogen-bond donors (Lipinski definition) is 1. The molecule has 0 saturated carbocycles. The van der Waals surface area contributed by atoms with Crippen molar-refractivity contribution >= 4 is 5.82 Å². The first-order valence-corrected chi connectivity index (χ1v) is 7.02. The van der Waals surface area contributed by atoms with Crippen LogP contribution in [0.2, 0.25) is 0 Å². The minimum Gasteiger partial charge on any atom is -0.469 e. The fourth-order valence-electron chi connectivity index (χ4n) is 2.30. The fraction of sp³-hybridized carbons (Fsp3) is 0.438. The van der Waals surface area contributed by atoms with E-state index < -0.39 is 0 Å². The molecule has 1 N–H and O–H groups in total. The number of pyridine rings is 1. The summed E-state index contributed by atoms with van der Waals surface area (Å²) in [5.74, 6) is 1.99. The second-order valence-corrected chi connectivity index (χ2v) is 5.12. The Hall–Kier alpha value is -1.81. The number of aromatic nitrogens is 1. The normalized spacial score (nSPS) is 10.8. The molecule has 2 heterocycles. The van der Waals surface area contributed by atoms with E-state index in [2.05, 4.69) is 42.2 Å². The molecule has 0 fully saturated rings. The van der Waals surface area contributed by atoms with E-state index in [1.54, 1.807) is 6.26 Å². The molecule has 0 unspecified atom stereocenters. The minimum absolute atomic E-state index is 0.808. The molecule has 0 spiro atoms. The molecular weight excluding hydrogens is 250 g/mol. The van der Waals surface area contributed by atoms with Gasteiger partial charge in [0.2, 0.25) is 0 Å². The topological polar surface area (TPSA) is 41.3 Å². The SMILES string of the molecule is CCNCc1cnc(N(C)Cc2ccoc2C)c(C)c1. The highest BCUT2D eigenvalue weighted by molar-refractivity contribution is 5.47. The van der Waals surface area contributed by atoms with Gasteiger partial charge < -0.3 is 14.6 Å². The second-order valence-electron chi connectivity index (χ2n) is 5.12. The summed E-state index contributed by atoms with van der Waals surface area (Å²) >= 11 is 0. The van der Waals surface area contributed by atoms with Crippen LogP contribution in [0.4, 0.5) is 5.82 Å². The Kier molecular flexibility index (Phi) is 4.79. The first-order valence-electron chi connectivity index (χ1n) is 7.02. The van der Waals surface area contributed by atoms with E-state index >= 15 is 0 Å². The van der Waals surface area contributed by atoms with Crippen LogP contribution in [0.15, 0.2) is 29.0 Å². The number of aryl methyl sites for hydroxylation is 2. The number of rotatable bonds is 6. The largest absolute Gasteiger partial charge is 0.469 e. The first kappa shape index (κ1) is 14.6. The summed E-state index contributed by atoms with van der Waals surface area (Å²) in [5, 5.41) is 3.32. The highest BCUT2D eigenvalue weighted by Gasteiger charge is 2.10. The van der Waals surface area contributed by atoms with E-state index in [-0.39, 0.29) is 0 Å². The van der Waals surface area contributed by atoms with Crippen LogP contribution in [-0.2, 0) is 13.1 Å². The van der Waals surface area contributed by atoms with Crippen LogP contribution in [-0.4, -0.2) is 18.6 Å². The third-order valence-electron chi connectivity index (χ3n) is 3.42. The molecule has 4 nitrogen and oxygen atoms in total. The van der Waals surface area contributed by atoms with Crippen molar-refractivity contribution in [3.8, 4) is 0 Å². The van der Waals surface area contributed by atoms with Crippen molar-refractivity contribution in [2.24, 2.45) is 0 Å². The molecule has 0 aliphatic carbocycles. The van der Waals surface area contributed by atoms with E-state index in [4.69, 9.17) is 4.42 Å². The molecule has 0 saturated heterocycles. The van der Waals surface area contributed by atoms with Crippen LogP contribution in [0.5, 0.6) is 0 Å². The third kappa shape index (κ3) is 3.39. The molecule has 0 bridgehead atoms. The van der Waals surface area contributed by atoms with Gasteiger partial charge in [-0.05, 0) is 43.7 Å². The van der Waals surface area contributed by atoms with Gasteiger partial charge in [0.1, 0.15) is 11.6 Å². The number of anilines is 1. The predicted molar refractivity (Wildman–Crippen MR) is 81.9 cm³/mol. The molecule has 2 rings (SSSR count). The molecule has 108 valence electrons. The Morgan fingerprint density at radius 2 is 2.15 bits per heavy atom. The van der Waals surface area contributed by atoms with E-state index in [0.717, 1.165) is 31.2 Å². The lowest BCUT2D eigenvalue weighted by molar-refractivity contribution is 0.529. The van der Waals surface area contributed by atoms with Crippen molar-refractivity contribution in [1.82, 2.24) is 10.3 Å². The van der Waals surface area contributed by atoms with Crippen LogP contribution in [0.25, 0.3) is 0 Å². The standard InChI is InChI=1S/C16H23N3O/c1-5-17-9-14-8-12(2)16(18-10-14)19(4)11-15-6-7-20-13(15)3/h6-8,10,17H,5,9,11H2,1-4H3. The summed E-state index contributed by atoms with van der Waals surface area (Å²) in [6.45, 7) is 8.85. The molecule has 0 atom stereocenters. The molecule has 0 aliphatic rings. The first-order chi connectivity index (χ1) is 9.61. The average Bonchev–Trinajstić information content (AvgIpc) is 2.82. The monoisotopic (exact) mass is 273 g/mol. The van der Waals surface area contributed by atoms with Gasteiger partial charge >= 0.3 is 0 Å². The van der Waals surface area contributed by atoms with Crippen molar-refractivity contribution in [2.45, 2.75) is 33.9 Å². The summed E-state index contributed by atoms with van der Waals surface area (Å²) in [7, 11) is 2.06. The zero-order valence-electron chi connectivity index (χ0n) is 12.7. The maximum absolute atomic E-state index is 5.34. The number of hydrogen-bond acceptors (Lipinski definition) is 4. The Morgan fingerprint density at radius 3 is 2.75 bits per heavy atom. The highest BCUT2D eigenvalue weighted by Crippen LogP contribution is 2.20. The van der Waals surface area contributed by atoms with Crippen molar-refractivity contribution in [3.63, 3.8) is 0 Å². The number of furan rings is 1. The molecule has 2 aromatic rings. The maximum atomic E-state index is 5.34. The van der Waals surface area contributed by atoms with Crippen molar-refractivity contribution in [2.75, 3.05) is 18.5 Å².